The van der Waals surface area contributed by atoms with Gasteiger partial charge in [0.2, 0.25) is 0 Å². The Balaban J connectivity index is 3.25. The minimum atomic E-state index is -0.0590. The van der Waals surface area contributed by atoms with Crippen LogP contribution in [0, 0.1) is 0 Å². The molecule has 1 aromatic rings. The van der Waals surface area contributed by atoms with E-state index >= 15 is 0 Å². The predicted molar refractivity (Wildman–Crippen MR) is 62.4 cm³/mol. The average Bonchev–Trinajstić information content (AvgIpc) is 2.21. The molecule has 1 rings (SSSR count). The first kappa shape index (κ1) is 12.2. The molecule has 0 unspecified atom stereocenters. The molecule has 0 aliphatic rings. The van der Waals surface area contributed by atoms with Crippen LogP contribution in [-0.2, 0) is 12.4 Å². The minimum Gasteiger partial charge on any atom is -0.267 e. The lowest BCUT2D eigenvalue weighted by atomic mass is 10.1. The Morgan fingerprint density at radius 1 is 1.53 bits per heavy atom. The van der Waals surface area contributed by atoms with Gasteiger partial charge in [-0.05, 0) is 18.4 Å². The third kappa shape index (κ3) is 2.81. The van der Waals surface area contributed by atoms with Crippen molar-refractivity contribution in [2.24, 2.45) is 0 Å². The molecule has 0 aromatic carbocycles. The molecule has 0 N–H and O–H groups in total. The Kier molecular flexibility index (Phi) is 4.33. The molecule has 15 heavy (non-hydrogen) atoms. The number of alkyl halides is 1. The first-order valence-corrected chi connectivity index (χ1v) is 5.80. The maximum Gasteiger partial charge on any atom is 0.271 e. The van der Waals surface area contributed by atoms with Crippen molar-refractivity contribution >= 4 is 11.6 Å². The fourth-order valence-corrected chi connectivity index (χ4v) is 1.55. The third-order valence-electron chi connectivity index (χ3n) is 2.24. The summed E-state index contributed by atoms with van der Waals surface area (Å²) >= 11 is 5.74. The molecule has 0 saturated carbocycles. The molecule has 0 saturated heterocycles. The van der Waals surface area contributed by atoms with Crippen molar-refractivity contribution in [1.82, 2.24) is 9.78 Å². The number of hydrogen-bond donors (Lipinski definition) is 0. The quantitative estimate of drug-likeness (QED) is 0.743. The second-order valence-corrected chi connectivity index (χ2v) is 4.18. The van der Waals surface area contributed by atoms with Crippen LogP contribution >= 0.6 is 11.6 Å². The maximum atomic E-state index is 11.8. The van der Waals surface area contributed by atoms with Crippen LogP contribution in [0.3, 0.4) is 0 Å². The van der Waals surface area contributed by atoms with E-state index in [9.17, 15) is 4.79 Å². The zero-order valence-corrected chi connectivity index (χ0v) is 10.2. The molecule has 0 aliphatic carbocycles. The van der Waals surface area contributed by atoms with E-state index in [1.54, 1.807) is 0 Å². The molecule has 1 heterocycles. The zero-order chi connectivity index (χ0) is 11.4. The molecule has 1 aromatic heterocycles. The molecule has 0 fully saturated rings. The van der Waals surface area contributed by atoms with E-state index in [1.807, 2.05) is 13.0 Å². The van der Waals surface area contributed by atoms with Crippen LogP contribution in [0.15, 0.2) is 10.9 Å². The molecule has 0 bridgehead atoms. The summed E-state index contributed by atoms with van der Waals surface area (Å²) in [6, 6.07) is 1.81. The summed E-state index contributed by atoms with van der Waals surface area (Å²) in [5.74, 6) is 0.570. The largest absolute Gasteiger partial charge is 0.271 e. The van der Waals surface area contributed by atoms with Crippen molar-refractivity contribution in [3.8, 4) is 0 Å². The van der Waals surface area contributed by atoms with Gasteiger partial charge in [0.05, 0.1) is 11.6 Å². The van der Waals surface area contributed by atoms with Gasteiger partial charge in [-0.1, -0.05) is 20.8 Å². The van der Waals surface area contributed by atoms with Gasteiger partial charge < -0.3 is 0 Å². The first-order chi connectivity index (χ1) is 7.10. The van der Waals surface area contributed by atoms with E-state index in [0.29, 0.717) is 18.0 Å². The molecule has 84 valence electrons. The lowest BCUT2D eigenvalue weighted by Crippen LogP contribution is -2.27. The van der Waals surface area contributed by atoms with Crippen molar-refractivity contribution in [3.63, 3.8) is 0 Å². The highest BCUT2D eigenvalue weighted by molar-refractivity contribution is 6.17. The number of aromatic nitrogens is 2. The van der Waals surface area contributed by atoms with E-state index in [2.05, 4.69) is 18.9 Å². The van der Waals surface area contributed by atoms with Crippen LogP contribution < -0.4 is 5.56 Å². The van der Waals surface area contributed by atoms with Crippen molar-refractivity contribution in [2.45, 2.75) is 45.5 Å². The highest BCUT2D eigenvalue weighted by atomic mass is 35.5. The number of nitrogens with zero attached hydrogens (tertiary/aromatic N) is 2. The summed E-state index contributed by atoms with van der Waals surface area (Å²) in [6.07, 6.45) is 0.899. The van der Waals surface area contributed by atoms with Crippen LogP contribution in [0.1, 0.15) is 44.4 Å². The van der Waals surface area contributed by atoms with Crippen LogP contribution in [0.25, 0.3) is 0 Å². The number of rotatable bonds is 4. The average molecular weight is 229 g/mol. The van der Waals surface area contributed by atoms with Gasteiger partial charge in [0.1, 0.15) is 0 Å². The smallest absolute Gasteiger partial charge is 0.267 e. The van der Waals surface area contributed by atoms with Gasteiger partial charge in [-0.2, -0.15) is 5.10 Å². The second kappa shape index (κ2) is 5.31. The van der Waals surface area contributed by atoms with Crippen molar-refractivity contribution in [1.29, 1.82) is 0 Å². The van der Waals surface area contributed by atoms with Gasteiger partial charge in [0.25, 0.3) is 5.56 Å². The Bertz CT molecular complexity index is 385. The highest BCUT2D eigenvalue weighted by Crippen LogP contribution is 2.11. The summed E-state index contributed by atoms with van der Waals surface area (Å²) in [7, 11) is 0. The van der Waals surface area contributed by atoms with E-state index in [0.717, 1.165) is 12.1 Å². The SMILES string of the molecule is CCCn1nc(C(C)C)cc(CCl)c1=O. The monoisotopic (exact) mass is 228 g/mol. The molecule has 0 spiro atoms. The Morgan fingerprint density at radius 3 is 2.67 bits per heavy atom. The molecule has 0 radical (unpaired) electrons. The standard InChI is InChI=1S/C11H17ClN2O/c1-4-5-14-11(15)9(7-12)6-10(13-14)8(2)3/h6,8H,4-5,7H2,1-3H3. The van der Waals surface area contributed by atoms with E-state index in [1.165, 1.54) is 4.68 Å². The zero-order valence-electron chi connectivity index (χ0n) is 9.46. The molecular formula is C11H17ClN2O. The van der Waals surface area contributed by atoms with Crippen LogP contribution in [0.2, 0.25) is 0 Å². The van der Waals surface area contributed by atoms with Crippen molar-refractivity contribution < 1.29 is 0 Å². The maximum absolute atomic E-state index is 11.8. The van der Waals surface area contributed by atoms with Gasteiger partial charge in [0.15, 0.2) is 0 Å². The second-order valence-electron chi connectivity index (χ2n) is 3.91. The summed E-state index contributed by atoms with van der Waals surface area (Å²) in [6.45, 7) is 6.79. The van der Waals surface area contributed by atoms with Crippen LogP contribution in [-0.4, -0.2) is 9.78 Å². The number of halogens is 1. The van der Waals surface area contributed by atoms with Crippen molar-refractivity contribution in [2.75, 3.05) is 0 Å². The normalized spacial score (nSPS) is 11.0. The fourth-order valence-electron chi connectivity index (χ4n) is 1.36. The molecule has 3 nitrogen and oxygen atoms in total. The summed E-state index contributed by atoms with van der Waals surface area (Å²) in [5.41, 5.74) is 1.51. The molecule has 4 heteroatoms. The molecule has 0 amide bonds. The molecule has 0 aliphatic heterocycles. The van der Waals surface area contributed by atoms with Gasteiger partial charge >= 0.3 is 0 Å². The van der Waals surface area contributed by atoms with Crippen LogP contribution in [0.4, 0.5) is 0 Å². The van der Waals surface area contributed by atoms with Gasteiger partial charge in [-0.25, -0.2) is 4.68 Å². The van der Waals surface area contributed by atoms with E-state index in [-0.39, 0.29) is 11.4 Å². The number of hydrogen-bond acceptors (Lipinski definition) is 2. The number of aryl methyl sites for hydroxylation is 1. The van der Waals surface area contributed by atoms with Gasteiger partial charge in [-0.15, -0.1) is 11.6 Å². The Morgan fingerprint density at radius 2 is 2.20 bits per heavy atom. The fraction of sp³-hybridized carbons (Fsp3) is 0.636. The topological polar surface area (TPSA) is 34.9 Å². The van der Waals surface area contributed by atoms with Gasteiger partial charge in [-0.3, -0.25) is 4.79 Å². The van der Waals surface area contributed by atoms with Crippen LogP contribution in [0.5, 0.6) is 0 Å². The predicted octanol–water partition coefficient (Wildman–Crippen LogP) is 2.52. The molecule has 0 atom stereocenters. The summed E-state index contributed by atoms with van der Waals surface area (Å²) in [4.78, 5) is 11.8. The lowest BCUT2D eigenvalue weighted by Gasteiger charge is -2.10. The summed E-state index contributed by atoms with van der Waals surface area (Å²) in [5, 5.41) is 4.32. The van der Waals surface area contributed by atoms with Gasteiger partial charge in [0, 0.05) is 12.1 Å². The van der Waals surface area contributed by atoms with E-state index in [4.69, 9.17) is 11.6 Å². The minimum absolute atomic E-state index is 0.0590. The Labute approximate surface area is 95.1 Å². The third-order valence-corrected chi connectivity index (χ3v) is 2.53. The Hall–Kier alpha value is -0.830. The van der Waals surface area contributed by atoms with Crippen molar-refractivity contribution in [3.05, 3.63) is 27.7 Å². The molecular weight excluding hydrogens is 212 g/mol. The lowest BCUT2D eigenvalue weighted by molar-refractivity contribution is 0.543. The first-order valence-electron chi connectivity index (χ1n) is 5.27. The highest BCUT2D eigenvalue weighted by Gasteiger charge is 2.09. The van der Waals surface area contributed by atoms with E-state index < -0.39 is 0 Å². The summed E-state index contributed by atoms with van der Waals surface area (Å²) < 4.78 is 1.52.